The highest BCUT2D eigenvalue weighted by Crippen LogP contribution is 2.21. The maximum Gasteiger partial charge on any atom is 0.235 e. The Balaban J connectivity index is 2.21. The van der Waals surface area contributed by atoms with Gasteiger partial charge in [0, 0.05) is 12.4 Å². The third kappa shape index (κ3) is 5.46. The van der Waals surface area contributed by atoms with E-state index in [1.54, 1.807) is 12.4 Å². The molecule has 6 nitrogen and oxygen atoms in total. The summed E-state index contributed by atoms with van der Waals surface area (Å²) in [5, 5.41) is 2.85. The van der Waals surface area contributed by atoms with Gasteiger partial charge in [0.1, 0.15) is 0 Å². The molecular weight excluding hydrogens is 314 g/mol. The Morgan fingerprint density at radius 3 is 2.22 bits per heavy atom. The number of carbonyl (C=O) groups is 1. The predicted octanol–water partition coefficient (Wildman–Crippen LogP) is 1.14. The highest BCUT2D eigenvalue weighted by molar-refractivity contribution is 7.88. The Hall–Kier alpha value is -2.25. The second-order valence-electron chi connectivity index (χ2n) is 5.29. The topological polar surface area (TPSA) is 88.2 Å². The lowest BCUT2D eigenvalue weighted by Gasteiger charge is -2.20. The van der Waals surface area contributed by atoms with Crippen molar-refractivity contribution in [1.29, 1.82) is 0 Å². The number of carbonyl (C=O) groups excluding carboxylic acids is 1. The Morgan fingerprint density at radius 1 is 1.09 bits per heavy atom. The van der Waals surface area contributed by atoms with Gasteiger partial charge in [-0.1, -0.05) is 29.8 Å². The largest absolute Gasteiger partial charge is 0.344 e. The lowest BCUT2D eigenvalue weighted by molar-refractivity contribution is -0.120. The molecule has 2 rings (SSSR count). The number of aromatic nitrogens is 1. The lowest BCUT2D eigenvalue weighted by Crippen LogP contribution is -2.38. The molecule has 1 aromatic heterocycles. The van der Waals surface area contributed by atoms with Crippen LogP contribution in [0.25, 0.3) is 0 Å². The van der Waals surface area contributed by atoms with E-state index in [0.717, 1.165) is 22.9 Å². The van der Waals surface area contributed by atoms with Crippen LogP contribution >= 0.6 is 0 Å². The number of sulfonamides is 1. The van der Waals surface area contributed by atoms with E-state index >= 15 is 0 Å². The molecule has 1 heterocycles. The summed E-state index contributed by atoms with van der Waals surface area (Å²) < 4.78 is 24.4. The van der Waals surface area contributed by atoms with E-state index in [4.69, 9.17) is 0 Å². The van der Waals surface area contributed by atoms with Crippen molar-refractivity contribution in [1.82, 2.24) is 15.0 Å². The van der Waals surface area contributed by atoms with Crippen molar-refractivity contribution in [2.24, 2.45) is 0 Å². The number of aryl methyl sites for hydroxylation is 1. The van der Waals surface area contributed by atoms with Crippen LogP contribution in [-0.2, 0) is 14.8 Å². The molecule has 1 aromatic carbocycles. The number of pyridine rings is 1. The van der Waals surface area contributed by atoms with Gasteiger partial charge in [-0.25, -0.2) is 13.1 Å². The third-order valence-electron chi connectivity index (χ3n) is 3.25. The molecule has 0 saturated carbocycles. The molecule has 0 bridgehead atoms. The number of hydrogen-bond donors (Lipinski definition) is 2. The molecule has 23 heavy (non-hydrogen) atoms. The van der Waals surface area contributed by atoms with Gasteiger partial charge >= 0.3 is 0 Å². The number of amides is 1. The molecular formula is C16H19N3O3S. The third-order valence-corrected chi connectivity index (χ3v) is 3.92. The summed E-state index contributed by atoms with van der Waals surface area (Å²) in [6.07, 6.45) is 4.31. The molecule has 0 aliphatic rings. The van der Waals surface area contributed by atoms with Crippen molar-refractivity contribution in [2.45, 2.75) is 13.0 Å². The van der Waals surface area contributed by atoms with E-state index in [2.05, 4.69) is 15.0 Å². The molecule has 122 valence electrons. The van der Waals surface area contributed by atoms with Gasteiger partial charge in [0.15, 0.2) is 0 Å². The lowest BCUT2D eigenvalue weighted by atomic mass is 9.98. The maximum atomic E-state index is 12.1. The summed E-state index contributed by atoms with van der Waals surface area (Å²) in [5.74, 6) is -0.405. The quantitative estimate of drug-likeness (QED) is 0.830. The molecule has 0 unspecified atom stereocenters. The smallest absolute Gasteiger partial charge is 0.235 e. The SMILES string of the molecule is Cc1ccc([C@H](NC(=O)CNS(C)(=O)=O)c2ccncc2)cc1. The van der Waals surface area contributed by atoms with Gasteiger partial charge < -0.3 is 5.32 Å². The van der Waals surface area contributed by atoms with Crippen molar-refractivity contribution in [3.8, 4) is 0 Å². The van der Waals surface area contributed by atoms with E-state index in [9.17, 15) is 13.2 Å². The van der Waals surface area contributed by atoms with Crippen LogP contribution in [0, 0.1) is 6.92 Å². The average molecular weight is 333 g/mol. The summed E-state index contributed by atoms with van der Waals surface area (Å²) in [6, 6.07) is 11.1. The van der Waals surface area contributed by atoms with Crippen molar-refractivity contribution in [3.63, 3.8) is 0 Å². The highest BCUT2D eigenvalue weighted by atomic mass is 32.2. The summed E-state index contributed by atoms with van der Waals surface area (Å²) in [5.41, 5.74) is 2.90. The summed E-state index contributed by atoms with van der Waals surface area (Å²) >= 11 is 0. The number of benzene rings is 1. The second kappa shape index (κ2) is 7.34. The van der Waals surface area contributed by atoms with E-state index < -0.39 is 15.9 Å². The first-order valence-electron chi connectivity index (χ1n) is 7.05. The normalized spacial score (nSPS) is 12.6. The molecule has 1 atom stereocenters. The van der Waals surface area contributed by atoms with Crippen LogP contribution in [0.15, 0.2) is 48.8 Å². The first-order valence-corrected chi connectivity index (χ1v) is 8.95. The van der Waals surface area contributed by atoms with E-state index in [0.29, 0.717) is 0 Å². The summed E-state index contributed by atoms with van der Waals surface area (Å²) in [7, 11) is -3.41. The highest BCUT2D eigenvalue weighted by Gasteiger charge is 2.17. The molecule has 7 heteroatoms. The van der Waals surface area contributed by atoms with Crippen LogP contribution in [0.3, 0.4) is 0 Å². The fourth-order valence-corrected chi connectivity index (χ4v) is 2.48. The molecule has 0 aliphatic heterocycles. The number of rotatable bonds is 6. The fraction of sp³-hybridized carbons (Fsp3) is 0.250. The van der Waals surface area contributed by atoms with Crippen LogP contribution in [0.1, 0.15) is 22.7 Å². The zero-order valence-electron chi connectivity index (χ0n) is 13.0. The van der Waals surface area contributed by atoms with Gasteiger partial charge in [0.2, 0.25) is 15.9 Å². The Bertz CT molecular complexity index is 759. The number of nitrogens with zero attached hydrogens (tertiary/aromatic N) is 1. The first kappa shape index (κ1) is 17.1. The molecule has 0 aliphatic carbocycles. The predicted molar refractivity (Wildman–Crippen MR) is 88.2 cm³/mol. The minimum Gasteiger partial charge on any atom is -0.344 e. The molecule has 2 N–H and O–H groups in total. The van der Waals surface area contributed by atoms with Crippen molar-refractivity contribution < 1.29 is 13.2 Å². The Kier molecular flexibility index (Phi) is 5.46. The van der Waals surface area contributed by atoms with E-state index in [-0.39, 0.29) is 12.6 Å². The summed E-state index contributed by atoms with van der Waals surface area (Å²) in [4.78, 5) is 16.0. The molecule has 0 fully saturated rings. The van der Waals surface area contributed by atoms with Crippen molar-refractivity contribution in [2.75, 3.05) is 12.8 Å². The van der Waals surface area contributed by atoms with Gasteiger partial charge in [0.25, 0.3) is 0 Å². The molecule has 2 aromatic rings. The van der Waals surface area contributed by atoms with Crippen LogP contribution in [0.5, 0.6) is 0 Å². The van der Waals surface area contributed by atoms with Gasteiger partial charge in [-0.3, -0.25) is 9.78 Å². The van der Waals surface area contributed by atoms with Gasteiger partial charge in [-0.05, 0) is 30.2 Å². The Morgan fingerprint density at radius 2 is 1.65 bits per heavy atom. The number of nitrogens with one attached hydrogen (secondary N) is 2. The van der Waals surface area contributed by atoms with Gasteiger partial charge in [-0.2, -0.15) is 0 Å². The molecule has 1 amide bonds. The average Bonchev–Trinajstić information content (AvgIpc) is 2.52. The zero-order chi connectivity index (χ0) is 16.9. The Labute approximate surface area is 136 Å². The molecule has 0 saturated heterocycles. The second-order valence-corrected chi connectivity index (χ2v) is 7.12. The summed E-state index contributed by atoms with van der Waals surface area (Å²) in [6.45, 7) is 1.69. The monoisotopic (exact) mass is 333 g/mol. The minimum atomic E-state index is -3.41. The molecule has 0 radical (unpaired) electrons. The van der Waals surface area contributed by atoms with Crippen LogP contribution in [-0.4, -0.2) is 32.1 Å². The number of hydrogen-bond acceptors (Lipinski definition) is 4. The van der Waals surface area contributed by atoms with Crippen LogP contribution < -0.4 is 10.0 Å². The first-order chi connectivity index (χ1) is 10.8. The fourth-order valence-electron chi connectivity index (χ4n) is 2.08. The standard InChI is InChI=1S/C16H19N3O3S/c1-12-3-5-13(6-4-12)16(14-7-9-17-10-8-14)19-15(20)11-18-23(2,21)22/h3-10,16,18H,11H2,1-2H3,(H,19,20)/t16-/m0/s1. The minimum absolute atomic E-state index is 0.299. The van der Waals surface area contributed by atoms with E-state index in [1.165, 1.54) is 0 Å². The van der Waals surface area contributed by atoms with Gasteiger partial charge in [0.05, 0.1) is 18.8 Å². The molecule has 0 spiro atoms. The van der Waals surface area contributed by atoms with Gasteiger partial charge in [-0.15, -0.1) is 0 Å². The zero-order valence-corrected chi connectivity index (χ0v) is 13.8. The van der Waals surface area contributed by atoms with Crippen molar-refractivity contribution >= 4 is 15.9 Å². The van der Waals surface area contributed by atoms with E-state index in [1.807, 2.05) is 43.3 Å². The van der Waals surface area contributed by atoms with Crippen molar-refractivity contribution in [3.05, 3.63) is 65.5 Å². The van der Waals surface area contributed by atoms with Crippen LogP contribution in [0.2, 0.25) is 0 Å². The van der Waals surface area contributed by atoms with Crippen LogP contribution in [0.4, 0.5) is 0 Å². The maximum absolute atomic E-state index is 12.1.